The molecule has 1 saturated heterocycles. The first kappa shape index (κ1) is 20.8. The molecule has 1 aliphatic rings. The van der Waals surface area contributed by atoms with E-state index in [9.17, 15) is 13.2 Å². The Balaban J connectivity index is 1.57. The lowest BCUT2D eigenvalue weighted by Gasteiger charge is -2.30. The molecule has 0 spiro atoms. The molecule has 1 fully saturated rings. The van der Waals surface area contributed by atoms with Crippen LogP contribution in [0.1, 0.15) is 23.2 Å². The summed E-state index contributed by atoms with van der Waals surface area (Å²) in [5.41, 5.74) is 0.742. The number of benzene rings is 2. The number of rotatable bonds is 7. The van der Waals surface area contributed by atoms with Crippen molar-refractivity contribution in [1.82, 2.24) is 10.2 Å². The zero-order chi connectivity index (χ0) is 20.7. The van der Waals surface area contributed by atoms with Gasteiger partial charge in [0.25, 0.3) is 15.9 Å². The molecule has 2 aromatic carbocycles. The third-order valence-corrected chi connectivity index (χ3v) is 6.38. The summed E-state index contributed by atoms with van der Waals surface area (Å²) in [5, 5.41) is 11.7. The van der Waals surface area contributed by atoms with Gasteiger partial charge in [-0.3, -0.25) is 14.4 Å². The molecule has 29 heavy (non-hydrogen) atoms. The van der Waals surface area contributed by atoms with Gasteiger partial charge in [-0.25, -0.2) is 8.42 Å². The third kappa shape index (κ3) is 5.79. The zero-order valence-electron chi connectivity index (χ0n) is 16.0. The Bertz CT molecular complexity index is 978. The van der Waals surface area contributed by atoms with E-state index in [0.717, 1.165) is 25.9 Å². The number of nitrogens with zero attached hydrogens (tertiary/aromatic N) is 2. The van der Waals surface area contributed by atoms with E-state index in [0.29, 0.717) is 30.3 Å². The van der Waals surface area contributed by atoms with Crippen molar-refractivity contribution in [1.29, 1.82) is 5.26 Å². The van der Waals surface area contributed by atoms with E-state index in [1.54, 1.807) is 36.4 Å². The van der Waals surface area contributed by atoms with Crippen LogP contribution in [0.2, 0.25) is 0 Å². The molecule has 152 valence electrons. The van der Waals surface area contributed by atoms with Crippen LogP contribution in [-0.2, 0) is 10.0 Å². The van der Waals surface area contributed by atoms with Gasteiger partial charge < -0.3 is 5.32 Å². The summed E-state index contributed by atoms with van der Waals surface area (Å²) < 4.78 is 27.4. The molecule has 1 amide bonds. The molecule has 2 N–H and O–H groups in total. The molecule has 3 rings (SSSR count). The van der Waals surface area contributed by atoms with E-state index < -0.39 is 10.0 Å². The van der Waals surface area contributed by atoms with Gasteiger partial charge in [0, 0.05) is 17.8 Å². The molecule has 8 heteroatoms. The van der Waals surface area contributed by atoms with Gasteiger partial charge in [0.15, 0.2) is 0 Å². The van der Waals surface area contributed by atoms with Gasteiger partial charge in [-0.2, -0.15) is 5.26 Å². The summed E-state index contributed by atoms with van der Waals surface area (Å²) in [4.78, 5) is 14.8. The van der Waals surface area contributed by atoms with Crippen LogP contribution in [-0.4, -0.2) is 45.4 Å². The largest absolute Gasteiger partial charge is 0.352 e. The quantitative estimate of drug-likeness (QED) is 0.680. The van der Waals surface area contributed by atoms with Crippen LogP contribution in [0.25, 0.3) is 0 Å². The van der Waals surface area contributed by atoms with Gasteiger partial charge in [-0.1, -0.05) is 24.3 Å². The molecular formula is C21H24N4O3S. The number of carbonyl (C=O) groups excluding carboxylic acids is 1. The molecule has 0 atom stereocenters. The van der Waals surface area contributed by atoms with Crippen LogP contribution in [0.4, 0.5) is 5.69 Å². The Morgan fingerprint density at radius 2 is 1.83 bits per heavy atom. The molecule has 7 nitrogen and oxygen atoms in total. The lowest BCUT2D eigenvalue weighted by Crippen LogP contribution is -2.38. The van der Waals surface area contributed by atoms with Gasteiger partial charge in [0.05, 0.1) is 17.5 Å². The van der Waals surface area contributed by atoms with Crippen LogP contribution in [0, 0.1) is 17.2 Å². The maximum Gasteiger partial charge on any atom is 0.261 e. The molecule has 0 unspecified atom stereocenters. The second-order valence-corrected chi connectivity index (χ2v) is 8.77. The van der Waals surface area contributed by atoms with E-state index in [2.05, 4.69) is 21.0 Å². The average molecular weight is 413 g/mol. The lowest BCUT2D eigenvalue weighted by molar-refractivity contribution is 0.0938. The van der Waals surface area contributed by atoms with Crippen LogP contribution in [0.15, 0.2) is 59.5 Å². The summed E-state index contributed by atoms with van der Waals surface area (Å²) in [6.45, 7) is 2.75. The first-order valence-corrected chi connectivity index (χ1v) is 11.0. The molecule has 0 saturated carbocycles. The van der Waals surface area contributed by atoms with E-state index in [-0.39, 0.29) is 10.8 Å². The van der Waals surface area contributed by atoms with Gasteiger partial charge >= 0.3 is 0 Å². The predicted octanol–water partition coefficient (Wildman–Crippen LogP) is 2.45. The number of piperidine rings is 1. The first-order chi connectivity index (χ1) is 14.0. The third-order valence-electron chi connectivity index (χ3n) is 4.98. The van der Waals surface area contributed by atoms with Crippen molar-refractivity contribution in [3.63, 3.8) is 0 Å². The number of hydrogen-bond donors (Lipinski definition) is 2. The summed E-state index contributed by atoms with van der Waals surface area (Å²) >= 11 is 0. The highest BCUT2D eigenvalue weighted by Crippen LogP contribution is 2.18. The number of amides is 1. The summed E-state index contributed by atoms with van der Waals surface area (Å²) in [6.07, 6.45) is 1.89. The average Bonchev–Trinajstić information content (AvgIpc) is 2.74. The number of sulfonamides is 1. The second kappa shape index (κ2) is 9.54. The van der Waals surface area contributed by atoms with Crippen molar-refractivity contribution in [3.8, 4) is 6.07 Å². The van der Waals surface area contributed by atoms with Gasteiger partial charge in [0.1, 0.15) is 0 Å². The minimum absolute atomic E-state index is 0.164. The van der Waals surface area contributed by atoms with Crippen LogP contribution >= 0.6 is 0 Å². The van der Waals surface area contributed by atoms with Crippen LogP contribution in [0.3, 0.4) is 0 Å². The number of carbonyl (C=O) groups is 1. The Labute approximate surface area is 171 Å². The van der Waals surface area contributed by atoms with Gasteiger partial charge in [-0.05, 0) is 62.2 Å². The Hall–Kier alpha value is -2.89. The fourth-order valence-corrected chi connectivity index (χ4v) is 4.40. The van der Waals surface area contributed by atoms with Crippen molar-refractivity contribution < 1.29 is 13.2 Å². The van der Waals surface area contributed by atoms with Crippen molar-refractivity contribution in [3.05, 3.63) is 60.2 Å². The highest BCUT2D eigenvalue weighted by Gasteiger charge is 2.20. The number of anilines is 1. The van der Waals surface area contributed by atoms with E-state index in [1.165, 1.54) is 18.2 Å². The highest BCUT2D eigenvalue weighted by molar-refractivity contribution is 7.92. The molecule has 0 bridgehead atoms. The monoisotopic (exact) mass is 412 g/mol. The van der Waals surface area contributed by atoms with Crippen LogP contribution in [0.5, 0.6) is 0 Å². The standard InChI is InChI=1S/C21H24N4O3S/c22-11-14-25-12-9-17(10-13-25)16-23-21(26)18-5-4-6-19(15-18)24-29(27,28)20-7-2-1-3-8-20/h1-8,15,17,24H,9-10,12-14,16H2,(H,23,26). The minimum Gasteiger partial charge on any atom is -0.352 e. The smallest absolute Gasteiger partial charge is 0.261 e. The van der Waals surface area contributed by atoms with Crippen LogP contribution < -0.4 is 10.0 Å². The molecule has 2 aromatic rings. The van der Waals surface area contributed by atoms with Crippen molar-refractivity contribution in [2.75, 3.05) is 30.9 Å². The van der Waals surface area contributed by atoms with Gasteiger partial charge in [0.2, 0.25) is 0 Å². The molecule has 1 heterocycles. The number of likely N-dealkylation sites (tertiary alicyclic amines) is 1. The minimum atomic E-state index is -3.70. The van der Waals surface area contributed by atoms with E-state index >= 15 is 0 Å². The van der Waals surface area contributed by atoms with Crippen molar-refractivity contribution >= 4 is 21.6 Å². The molecular weight excluding hydrogens is 388 g/mol. The maximum absolute atomic E-state index is 12.5. The lowest BCUT2D eigenvalue weighted by atomic mass is 9.96. The van der Waals surface area contributed by atoms with E-state index in [4.69, 9.17) is 5.26 Å². The summed E-state index contributed by atoms with van der Waals surface area (Å²) in [7, 11) is -3.70. The number of hydrogen-bond acceptors (Lipinski definition) is 5. The normalized spacial score (nSPS) is 15.4. The fourth-order valence-electron chi connectivity index (χ4n) is 3.33. The van der Waals surface area contributed by atoms with Gasteiger partial charge in [-0.15, -0.1) is 0 Å². The molecule has 0 aromatic heterocycles. The predicted molar refractivity (Wildman–Crippen MR) is 111 cm³/mol. The Morgan fingerprint density at radius 1 is 1.10 bits per heavy atom. The summed E-state index contributed by atoms with van der Waals surface area (Å²) in [5.74, 6) is 0.152. The van der Waals surface area contributed by atoms with Crippen molar-refractivity contribution in [2.45, 2.75) is 17.7 Å². The molecule has 0 aliphatic carbocycles. The van der Waals surface area contributed by atoms with Crippen molar-refractivity contribution in [2.24, 2.45) is 5.92 Å². The molecule has 0 radical (unpaired) electrons. The fraction of sp³-hybridized carbons (Fsp3) is 0.333. The molecule has 1 aliphatic heterocycles. The first-order valence-electron chi connectivity index (χ1n) is 9.53. The Morgan fingerprint density at radius 3 is 2.52 bits per heavy atom. The topological polar surface area (TPSA) is 102 Å². The zero-order valence-corrected chi connectivity index (χ0v) is 16.9. The summed E-state index contributed by atoms with van der Waals surface area (Å²) in [6, 6.07) is 16.7. The SMILES string of the molecule is N#CCN1CCC(CNC(=O)c2cccc(NS(=O)(=O)c3ccccc3)c2)CC1. The Kier molecular flexibility index (Phi) is 6.86. The number of nitrogens with one attached hydrogen (secondary N) is 2. The highest BCUT2D eigenvalue weighted by atomic mass is 32.2. The second-order valence-electron chi connectivity index (χ2n) is 7.09. The number of nitriles is 1. The maximum atomic E-state index is 12.5. The van der Waals surface area contributed by atoms with E-state index in [1.807, 2.05) is 0 Å².